The molecule has 0 N–H and O–H groups in total. The van der Waals surface area contributed by atoms with Crippen LogP contribution in [0.4, 0.5) is 4.79 Å². The number of thiophene rings is 1. The Bertz CT molecular complexity index is 521. The fraction of sp³-hybridized carbons (Fsp3) is 0.533. The van der Waals surface area contributed by atoms with Crippen LogP contribution in [-0.2, 0) is 17.6 Å². The van der Waals surface area contributed by atoms with Gasteiger partial charge in [-0.25, -0.2) is 4.79 Å². The molecule has 2 heterocycles. The lowest BCUT2D eigenvalue weighted by Gasteiger charge is -2.19. The number of carbonyl (C=O) groups is 1. The van der Waals surface area contributed by atoms with Gasteiger partial charge >= 0.3 is 6.09 Å². The van der Waals surface area contributed by atoms with Gasteiger partial charge in [0, 0.05) is 23.5 Å². The summed E-state index contributed by atoms with van der Waals surface area (Å²) in [4.78, 5) is 16.0. The minimum Gasteiger partial charge on any atom is -0.495 e. The van der Waals surface area contributed by atoms with E-state index in [1.165, 1.54) is 10.4 Å². The van der Waals surface area contributed by atoms with Crippen LogP contribution < -0.4 is 4.74 Å². The van der Waals surface area contributed by atoms with Crippen LogP contribution in [-0.4, -0.2) is 37.8 Å². The number of ether oxygens (including phenoxy) is 2. The molecule has 2 rings (SSSR count). The van der Waals surface area contributed by atoms with Crippen LogP contribution in [0.2, 0.25) is 0 Å². The van der Waals surface area contributed by atoms with Gasteiger partial charge in [-0.3, -0.25) is 0 Å². The molecule has 1 aliphatic heterocycles. The molecular formula is C15H21NO3S. The second kappa shape index (κ2) is 6.31. The normalized spacial score (nSPS) is 14.4. The topological polar surface area (TPSA) is 38.8 Å². The van der Waals surface area contributed by atoms with Crippen LogP contribution in [0.25, 0.3) is 5.57 Å². The van der Waals surface area contributed by atoms with E-state index in [1.54, 1.807) is 23.3 Å². The van der Waals surface area contributed by atoms with Crippen molar-refractivity contribution in [3.05, 3.63) is 21.9 Å². The van der Waals surface area contributed by atoms with Gasteiger partial charge in [0.25, 0.3) is 0 Å². The lowest BCUT2D eigenvalue weighted by atomic mass is 10.1. The van der Waals surface area contributed by atoms with Crippen LogP contribution in [0.3, 0.4) is 0 Å². The molecule has 0 aliphatic carbocycles. The molecule has 0 spiro atoms. The first kappa shape index (κ1) is 14.9. The van der Waals surface area contributed by atoms with Crippen molar-refractivity contribution < 1.29 is 14.3 Å². The van der Waals surface area contributed by atoms with Crippen LogP contribution in [0, 0.1) is 0 Å². The number of allylic oxidation sites excluding steroid dienone is 1. The molecular weight excluding hydrogens is 274 g/mol. The first-order valence-electron chi connectivity index (χ1n) is 6.84. The van der Waals surface area contributed by atoms with Crippen molar-refractivity contribution in [3.8, 4) is 5.75 Å². The van der Waals surface area contributed by atoms with Crippen molar-refractivity contribution in [1.82, 2.24) is 4.90 Å². The Hall–Kier alpha value is -1.49. The van der Waals surface area contributed by atoms with Gasteiger partial charge in [0.1, 0.15) is 5.75 Å². The maximum Gasteiger partial charge on any atom is 0.409 e. The second-order valence-electron chi connectivity index (χ2n) is 4.83. The molecule has 1 aromatic rings. The number of amides is 1. The molecule has 5 heteroatoms. The quantitative estimate of drug-likeness (QED) is 0.858. The summed E-state index contributed by atoms with van der Waals surface area (Å²) in [6.07, 6.45) is 1.44. The van der Waals surface area contributed by atoms with Crippen molar-refractivity contribution >= 4 is 23.0 Å². The summed E-state index contributed by atoms with van der Waals surface area (Å²) in [7, 11) is 1.70. The predicted octanol–water partition coefficient (Wildman–Crippen LogP) is 3.35. The molecule has 4 nitrogen and oxygen atoms in total. The molecule has 0 saturated heterocycles. The molecule has 0 atom stereocenters. The van der Waals surface area contributed by atoms with Gasteiger partial charge in [-0.2, -0.15) is 0 Å². The zero-order valence-electron chi connectivity index (χ0n) is 12.3. The van der Waals surface area contributed by atoms with Crippen molar-refractivity contribution in [2.24, 2.45) is 0 Å². The van der Waals surface area contributed by atoms with Gasteiger partial charge < -0.3 is 14.4 Å². The first-order valence-corrected chi connectivity index (χ1v) is 7.66. The number of carbonyl (C=O) groups excluding carboxylic acids is 1. The van der Waals surface area contributed by atoms with E-state index in [0.717, 1.165) is 29.0 Å². The van der Waals surface area contributed by atoms with E-state index in [0.29, 0.717) is 19.7 Å². The largest absolute Gasteiger partial charge is 0.495 e. The summed E-state index contributed by atoms with van der Waals surface area (Å²) in [6, 6.07) is 0. The van der Waals surface area contributed by atoms with Crippen molar-refractivity contribution in [2.75, 3.05) is 26.8 Å². The SMILES string of the molecule is C=C(C)c1sc2c(c1OC)CCN(C(=O)OCC)CC2. The number of fused-ring (bicyclic) bond motifs is 1. The Labute approximate surface area is 124 Å². The Balaban J connectivity index is 2.21. The monoisotopic (exact) mass is 295 g/mol. The summed E-state index contributed by atoms with van der Waals surface area (Å²) in [6.45, 7) is 9.63. The van der Waals surface area contributed by atoms with Crippen molar-refractivity contribution in [2.45, 2.75) is 26.7 Å². The third-order valence-corrected chi connectivity index (χ3v) is 4.84. The average molecular weight is 295 g/mol. The third kappa shape index (κ3) is 2.82. The van der Waals surface area contributed by atoms with E-state index in [-0.39, 0.29) is 6.09 Å². The molecule has 1 aromatic heterocycles. The van der Waals surface area contributed by atoms with E-state index in [4.69, 9.17) is 9.47 Å². The van der Waals surface area contributed by atoms with Gasteiger partial charge in [0.15, 0.2) is 0 Å². The highest BCUT2D eigenvalue weighted by atomic mass is 32.1. The summed E-state index contributed by atoms with van der Waals surface area (Å²) < 4.78 is 10.6. The van der Waals surface area contributed by atoms with Gasteiger partial charge in [-0.05, 0) is 32.3 Å². The fourth-order valence-electron chi connectivity index (χ4n) is 2.44. The fourth-order valence-corrected chi connectivity index (χ4v) is 3.67. The lowest BCUT2D eigenvalue weighted by molar-refractivity contribution is 0.109. The Morgan fingerprint density at radius 3 is 2.70 bits per heavy atom. The van der Waals surface area contributed by atoms with E-state index in [1.807, 2.05) is 13.8 Å². The molecule has 0 fully saturated rings. The third-order valence-electron chi connectivity index (χ3n) is 3.40. The van der Waals surface area contributed by atoms with Crippen LogP contribution in [0.15, 0.2) is 6.58 Å². The molecule has 20 heavy (non-hydrogen) atoms. The summed E-state index contributed by atoms with van der Waals surface area (Å²) in [5, 5.41) is 0. The smallest absolute Gasteiger partial charge is 0.409 e. The predicted molar refractivity (Wildman–Crippen MR) is 81.6 cm³/mol. The minimum absolute atomic E-state index is 0.221. The molecule has 1 aliphatic rings. The molecule has 0 bridgehead atoms. The van der Waals surface area contributed by atoms with E-state index in [9.17, 15) is 4.79 Å². The van der Waals surface area contributed by atoms with Gasteiger partial charge in [0.05, 0.1) is 18.6 Å². The molecule has 0 aromatic carbocycles. The number of hydrogen-bond acceptors (Lipinski definition) is 4. The minimum atomic E-state index is -0.221. The Kier molecular flexibility index (Phi) is 4.70. The lowest BCUT2D eigenvalue weighted by Crippen LogP contribution is -2.33. The van der Waals surface area contributed by atoms with Gasteiger partial charge in [0.2, 0.25) is 0 Å². The van der Waals surface area contributed by atoms with Crippen molar-refractivity contribution in [1.29, 1.82) is 0 Å². The van der Waals surface area contributed by atoms with Crippen molar-refractivity contribution in [3.63, 3.8) is 0 Å². The highest BCUT2D eigenvalue weighted by molar-refractivity contribution is 7.13. The first-order chi connectivity index (χ1) is 9.58. The molecule has 0 unspecified atom stereocenters. The molecule has 0 saturated carbocycles. The van der Waals surface area contributed by atoms with E-state index in [2.05, 4.69) is 6.58 Å². The van der Waals surface area contributed by atoms with Gasteiger partial charge in [-0.1, -0.05) is 6.58 Å². The van der Waals surface area contributed by atoms with E-state index < -0.39 is 0 Å². The molecule has 110 valence electrons. The standard InChI is InChI=1S/C15H21NO3S/c1-5-19-15(17)16-8-6-11-12(7-9-16)20-14(10(2)3)13(11)18-4/h2,5-9H2,1,3-4H3. The summed E-state index contributed by atoms with van der Waals surface area (Å²) >= 11 is 1.73. The van der Waals surface area contributed by atoms with Gasteiger partial charge in [-0.15, -0.1) is 11.3 Å². The zero-order chi connectivity index (χ0) is 14.7. The van der Waals surface area contributed by atoms with Crippen LogP contribution in [0.5, 0.6) is 5.75 Å². The van der Waals surface area contributed by atoms with Crippen LogP contribution in [0.1, 0.15) is 29.2 Å². The maximum absolute atomic E-state index is 11.8. The maximum atomic E-state index is 11.8. The Morgan fingerprint density at radius 1 is 1.40 bits per heavy atom. The highest BCUT2D eigenvalue weighted by Crippen LogP contribution is 2.40. The second-order valence-corrected chi connectivity index (χ2v) is 5.94. The summed E-state index contributed by atoms with van der Waals surface area (Å²) in [5.41, 5.74) is 2.25. The van der Waals surface area contributed by atoms with Crippen LogP contribution >= 0.6 is 11.3 Å². The Morgan fingerprint density at radius 2 is 2.10 bits per heavy atom. The molecule has 1 amide bonds. The number of nitrogens with zero attached hydrogens (tertiary/aromatic N) is 1. The number of rotatable bonds is 3. The highest BCUT2D eigenvalue weighted by Gasteiger charge is 2.25. The summed E-state index contributed by atoms with van der Waals surface area (Å²) in [5.74, 6) is 0.934. The zero-order valence-corrected chi connectivity index (χ0v) is 13.1. The number of methoxy groups -OCH3 is 1. The average Bonchev–Trinajstić information content (AvgIpc) is 2.64. The molecule has 0 radical (unpaired) electrons. The number of hydrogen-bond donors (Lipinski definition) is 0. The van der Waals surface area contributed by atoms with E-state index >= 15 is 0 Å².